The van der Waals surface area contributed by atoms with Crippen LogP contribution in [0, 0.1) is 6.92 Å². The Balaban J connectivity index is 2.46. The van der Waals surface area contributed by atoms with Crippen molar-refractivity contribution in [1.29, 1.82) is 0 Å². The van der Waals surface area contributed by atoms with Crippen LogP contribution in [0.5, 0.6) is 0 Å². The number of rotatable bonds is 6. The van der Waals surface area contributed by atoms with Gasteiger partial charge in [0.25, 0.3) is 0 Å². The van der Waals surface area contributed by atoms with Crippen molar-refractivity contribution >= 4 is 23.3 Å². The number of nitrogens with one attached hydrogen (secondary N) is 2. The number of hydrogen-bond acceptors (Lipinski definition) is 5. The van der Waals surface area contributed by atoms with Crippen LogP contribution in [0.2, 0.25) is 0 Å². The van der Waals surface area contributed by atoms with Crippen LogP contribution in [0.4, 0.5) is 4.79 Å². The summed E-state index contributed by atoms with van der Waals surface area (Å²) in [4.78, 5) is 26.6. The van der Waals surface area contributed by atoms with E-state index >= 15 is 0 Å². The van der Waals surface area contributed by atoms with Gasteiger partial charge in [-0.2, -0.15) is 0 Å². The molecule has 2 amide bonds. The van der Waals surface area contributed by atoms with E-state index in [1.54, 1.807) is 14.0 Å². The second kappa shape index (κ2) is 7.05. The predicted molar refractivity (Wildman–Crippen MR) is 70.5 cm³/mol. The zero-order valence-electron chi connectivity index (χ0n) is 11.0. The smallest absolute Gasteiger partial charge is 0.347 e. The first-order chi connectivity index (χ1) is 8.93. The van der Waals surface area contributed by atoms with Crippen molar-refractivity contribution in [3.8, 4) is 0 Å². The van der Waals surface area contributed by atoms with E-state index in [2.05, 4.69) is 15.6 Å². The average Bonchev–Trinajstić information content (AvgIpc) is 2.68. The third-order valence-corrected chi connectivity index (χ3v) is 3.37. The lowest BCUT2D eigenvalue weighted by atomic mass is 10.4. The minimum Gasteiger partial charge on any atom is -0.477 e. The topological polar surface area (TPSA) is 101 Å². The molecular weight excluding hydrogens is 270 g/mol. The molecule has 1 unspecified atom stereocenters. The molecule has 0 radical (unpaired) electrons. The Morgan fingerprint density at radius 2 is 2.21 bits per heavy atom. The molecule has 19 heavy (non-hydrogen) atoms. The van der Waals surface area contributed by atoms with E-state index in [0.717, 1.165) is 11.3 Å². The normalized spacial score (nSPS) is 11.9. The minimum atomic E-state index is -1.00. The highest BCUT2D eigenvalue weighted by molar-refractivity contribution is 7.13. The van der Waals surface area contributed by atoms with Crippen molar-refractivity contribution in [1.82, 2.24) is 15.6 Å². The van der Waals surface area contributed by atoms with Crippen LogP contribution in [-0.4, -0.2) is 41.8 Å². The number of urea groups is 1. The Labute approximate surface area is 115 Å². The van der Waals surface area contributed by atoms with Crippen LogP contribution in [0.25, 0.3) is 0 Å². The number of hydrogen-bond donors (Lipinski definition) is 3. The predicted octanol–water partition coefficient (Wildman–Crippen LogP) is 0.984. The Morgan fingerprint density at radius 1 is 1.53 bits per heavy atom. The molecule has 0 aromatic carbocycles. The highest BCUT2D eigenvalue weighted by Gasteiger charge is 2.14. The molecule has 1 aromatic rings. The molecule has 0 bridgehead atoms. The van der Waals surface area contributed by atoms with Crippen molar-refractivity contribution < 1.29 is 19.4 Å². The van der Waals surface area contributed by atoms with Crippen LogP contribution in [0.3, 0.4) is 0 Å². The van der Waals surface area contributed by atoms with Gasteiger partial charge in [-0.25, -0.2) is 14.6 Å². The Kier molecular flexibility index (Phi) is 5.71. The van der Waals surface area contributed by atoms with E-state index in [4.69, 9.17) is 9.84 Å². The number of methoxy groups -OCH3 is 1. The average molecular weight is 287 g/mol. The van der Waals surface area contributed by atoms with Gasteiger partial charge in [0.2, 0.25) is 0 Å². The van der Waals surface area contributed by atoms with Gasteiger partial charge in [-0.1, -0.05) is 0 Å². The summed E-state index contributed by atoms with van der Waals surface area (Å²) in [5.41, 5.74) is 0.461. The van der Waals surface area contributed by atoms with Gasteiger partial charge in [0, 0.05) is 7.11 Å². The summed E-state index contributed by atoms with van der Waals surface area (Å²) in [5, 5.41) is 14.7. The summed E-state index contributed by atoms with van der Waals surface area (Å²) in [6.45, 7) is 4.07. The lowest BCUT2D eigenvalue weighted by Gasteiger charge is -2.12. The summed E-state index contributed by atoms with van der Waals surface area (Å²) in [6, 6.07) is -0.438. The summed E-state index contributed by atoms with van der Waals surface area (Å²) < 4.78 is 4.89. The lowest BCUT2D eigenvalue weighted by molar-refractivity contribution is 0.0701. The number of carbonyl (C=O) groups is 2. The largest absolute Gasteiger partial charge is 0.477 e. The first-order valence-corrected chi connectivity index (χ1v) is 6.48. The minimum absolute atomic E-state index is 0.0994. The van der Waals surface area contributed by atoms with Gasteiger partial charge >= 0.3 is 12.0 Å². The van der Waals surface area contributed by atoms with Crippen LogP contribution in [0.15, 0.2) is 0 Å². The zero-order chi connectivity index (χ0) is 14.4. The van der Waals surface area contributed by atoms with E-state index in [-0.39, 0.29) is 23.5 Å². The molecule has 1 heterocycles. The first kappa shape index (κ1) is 15.4. The van der Waals surface area contributed by atoms with Crippen LogP contribution in [-0.2, 0) is 11.3 Å². The molecular formula is C11H17N3O4S. The number of ether oxygens (including phenoxy) is 1. The molecule has 3 N–H and O–H groups in total. The van der Waals surface area contributed by atoms with Crippen LogP contribution < -0.4 is 10.6 Å². The molecule has 8 heteroatoms. The zero-order valence-corrected chi connectivity index (χ0v) is 11.8. The molecule has 1 rings (SSSR count). The van der Waals surface area contributed by atoms with Crippen molar-refractivity contribution in [2.24, 2.45) is 0 Å². The molecule has 0 saturated carbocycles. The molecule has 1 atom stereocenters. The van der Waals surface area contributed by atoms with Crippen molar-refractivity contribution in [3.05, 3.63) is 15.6 Å². The Bertz CT molecular complexity index is 461. The molecule has 0 aliphatic heterocycles. The number of amides is 2. The Morgan fingerprint density at radius 3 is 2.74 bits per heavy atom. The summed E-state index contributed by atoms with van der Waals surface area (Å²) in [7, 11) is 1.56. The number of carboxylic acid groups (broad SMARTS) is 1. The molecule has 106 valence electrons. The molecule has 0 spiro atoms. The number of aromatic nitrogens is 1. The SMILES string of the molecule is COCC(C)NC(=O)NCc1nc(C)c(C(=O)O)s1. The molecule has 0 fully saturated rings. The van der Waals surface area contributed by atoms with Crippen molar-refractivity contribution in [3.63, 3.8) is 0 Å². The standard InChI is InChI=1S/C11H17N3O4S/c1-6(5-18-3)13-11(17)12-4-8-14-7(2)9(19-8)10(15)16/h6H,4-5H2,1-3H3,(H,15,16)(H2,12,13,17). The summed E-state index contributed by atoms with van der Waals surface area (Å²) in [6.07, 6.45) is 0. The maximum absolute atomic E-state index is 11.5. The number of thiazole rings is 1. The molecule has 0 saturated heterocycles. The fourth-order valence-corrected chi connectivity index (χ4v) is 2.29. The van der Waals surface area contributed by atoms with Crippen molar-refractivity contribution in [2.75, 3.05) is 13.7 Å². The van der Waals surface area contributed by atoms with Gasteiger partial charge in [0.05, 0.1) is 24.9 Å². The van der Waals surface area contributed by atoms with E-state index in [9.17, 15) is 9.59 Å². The second-order valence-corrected chi connectivity index (χ2v) is 5.09. The van der Waals surface area contributed by atoms with Gasteiger partial charge < -0.3 is 20.5 Å². The van der Waals surface area contributed by atoms with E-state index < -0.39 is 5.97 Å². The molecule has 7 nitrogen and oxygen atoms in total. The molecule has 1 aromatic heterocycles. The van der Waals surface area contributed by atoms with Crippen LogP contribution >= 0.6 is 11.3 Å². The quantitative estimate of drug-likeness (QED) is 0.724. The second-order valence-electron chi connectivity index (χ2n) is 4.01. The molecule has 0 aliphatic carbocycles. The number of carboxylic acids is 1. The third-order valence-electron chi connectivity index (χ3n) is 2.23. The monoisotopic (exact) mass is 287 g/mol. The maximum Gasteiger partial charge on any atom is 0.347 e. The number of aryl methyl sites for hydroxylation is 1. The lowest BCUT2D eigenvalue weighted by Crippen LogP contribution is -2.42. The number of nitrogens with zero attached hydrogens (tertiary/aromatic N) is 1. The third kappa shape index (κ3) is 4.84. The Hall–Kier alpha value is -1.67. The van der Waals surface area contributed by atoms with Gasteiger partial charge in [0.15, 0.2) is 0 Å². The van der Waals surface area contributed by atoms with E-state index in [1.165, 1.54) is 0 Å². The van der Waals surface area contributed by atoms with Crippen molar-refractivity contribution in [2.45, 2.75) is 26.4 Å². The van der Waals surface area contributed by atoms with E-state index in [1.807, 2.05) is 6.92 Å². The van der Waals surface area contributed by atoms with Gasteiger partial charge in [-0.15, -0.1) is 11.3 Å². The number of aromatic carboxylic acids is 1. The number of carbonyl (C=O) groups excluding carboxylic acids is 1. The highest BCUT2D eigenvalue weighted by Crippen LogP contribution is 2.17. The van der Waals surface area contributed by atoms with Gasteiger partial charge in [-0.3, -0.25) is 0 Å². The fourth-order valence-electron chi connectivity index (χ4n) is 1.45. The summed E-state index contributed by atoms with van der Waals surface area (Å²) in [5.74, 6) is -1.00. The van der Waals surface area contributed by atoms with Gasteiger partial charge in [-0.05, 0) is 13.8 Å². The van der Waals surface area contributed by atoms with Crippen LogP contribution in [0.1, 0.15) is 27.3 Å². The maximum atomic E-state index is 11.5. The summed E-state index contributed by atoms with van der Waals surface area (Å²) >= 11 is 1.06. The van der Waals surface area contributed by atoms with Gasteiger partial charge in [0.1, 0.15) is 9.88 Å². The first-order valence-electron chi connectivity index (χ1n) is 5.67. The van der Waals surface area contributed by atoms with E-state index in [0.29, 0.717) is 17.3 Å². The fraction of sp³-hybridized carbons (Fsp3) is 0.545. The highest BCUT2D eigenvalue weighted by atomic mass is 32.1. The molecule has 0 aliphatic rings.